The number of aliphatic imine (C=N–C) groups is 1. The van der Waals surface area contributed by atoms with Gasteiger partial charge in [-0.3, -0.25) is 4.79 Å². The van der Waals surface area contributed by atoms with E-state index in [0.717, 1.165) is 50.5 Å². The maximum absolute atomic E-state index is 11.8. The van der Waals surface area contributed by atoms with Gasteiger partial charge in [0.25, 0.3) is 0 Å². The first-order valence-corrected chi connectivity index (χ1v) is 9.95. The molecule has 2 aliphatic carbocycles. The smallest absolute Gasteiger partial charge is 0.243 e. The van der Waals surface area contributed by atoms with Crippen LogP contribution in [0.15, 0.2) is 4.99 Å². The molecule has 26 heavy (non-hydrogen) atoms. The number of nitrogens with zero attached hydrogens (tertiary/aromatic N) is 2. The number of halogens is 1. The van der Waals surface area contributed by atoms with Crippen LogP contribution in [0.25, 0.3) is 0 Å². The van der Waals surface area contributed by atoms with Gasteiger partial charge >= 0.3 is 0 Å². The Morgan fingerprint density at radius 2 is 1.81 bits per heavy atom. The molecule has 2 rings (SSSR count). The van der Waals surface area contributed by atoms with Gasteiger partial charge in [0.05, 0.1) is 0 Å². The van der Waals surface area contributed by atoms with Crippen LogP contribution in [0.2, 0.25) is 0 Å². The molecule has 0 bridgehead atoms. The van der Waals surface area contributed by atoms with E-state index in [9.17, 15) is 4.79 Å². The summed E-state index contributed by atoms with van der Waals surface area (Å²) in [6.07, 6.45) is 10.3. The first kappa shape index (κ1) is 23.5. The lowest BCUT2D eigenvalue weighted by atomic mass is 9.89. The molecule has 0 aromatic heterocycles. The maximum Gasteiger partial charge on any atom is 0.243 e. The van der Waals surface area contributed by atoms with Crippen molar-refractivity contribution in [2.45, 2.75) is 51.4 Å². The summed E-state index contributed by atoms with van der Waals surface area (Å²) in [5.74, 6) is 2.32. The number of hydrogen-bond acceptors (Lipinski definition) is 3. The monoisotopic (exact) mass is 480 g/mol. The number of likely N-dealkylation sites (N-methyl/N-ethyl adjacent to an activating group) is 1. The third kappa shape index (κ3) is 10.5. The van der Waals surface area contributed by atoms with Crippen molar-refractivity contribution in [1.29, 1.82) is 0 Å². The van der Waals surface area contributed by atoms with Gasteiger partial charge in [-0.2, -0.15) is 0 Å². The SMILES string of the molecule is CN(C)C(=O)CN=C(NCCCOCC1CC1)NCC1CCCCC1.I. The predicted molar refractivity (Wildman–Crippen MR) is 117 cm³/mol. The van der Waals surface area contributed by atoms with Crippen molar-refractivity contribution in [3.8, 4) is 0 Å². The Balaban J connectivity index is 0.00000338. The Kier molecular flexibility index (Phi) is 12.3. The fourth-order valence-corrected chi connectivity index (χ4v) is 3.01. The standard InChI is InChI=1S/C19H36N4O2.HI/c1-23(2)18(24)14-22-19(21-13-16-7-4-3-5-8-16)20-11-6-12-25-15-17-9-10-17;/h16-17H,3-15H2,1-2H3,(H2,20,21,22);1H. The van der Waals surface area contributed by atoms with E-state index in [1.54, 1.807) is 19.0 Å². The topological polar surface area (TPSA) is 66.0 Å². The molecular weight excluding hydrogens is 443 g/mol. The van der Waals surface area contributed by atoms with Gasteiger partial charge in [0.1, 0.15) is 6.54 Å². The molecule has 0 aliphatic heterocycles. The summed E-state index contributed by atoms with van der Waals surface area (Å²) < 4.78 is 5.66. The highest BCUT2D eigenvalue weighted by molar-refractivity contribution is 14.0. The van der Waals surface area contributed by atoms with E-state index in [2.05, 4.69) is 15.6 Å². The average Bonchev–Trinajstić information content (AvgIpc) is 3.44. The van der Waals surface area contributed by atoms with Crippen LogP contribution in [0.4, 0.5) is 0 Å². The van der Waals surface area contributed by atoms with Crippen LogP contribution in [-0.2, 0) is 9.53 Å². The molecule has 0 atom stereocenters. The van der Waals surface area contributed by atoms with Crippen molar-refractivity contribution in [1.82, 2.24) is 15.5 Å². The van der Waals surface area contributed by atoms with Crippen LogP contribution in [0, 0.1) is 11.8 Å². The molecule has 2 N–H and O–H groups in total. The zero-order valence-electron chi connectivity index (χ0n) is 16.5. The van der Waals surface area contributed by atoms with Crippen molar-refractivity contribution in [3.05, 3.63) is 0 Å². The molecule has 7 heteroatoms. The minimum Gasteiger partial charge on any atom is -0.381 e. The number of hydrogen-bond donors (Lipinski definition) is 2. The predicted octanol–water partition coefficient (Wildman–Crippen LogP) is 2.62. The zero-order valence-corrected chi connectivity index (χ0v) is 18.8. The van der Waals surface area contributed by atoms with E-state index >= 15 is 0 Å². The number of rotatable bonds is 10. The molecule has 2 aliphatic rings. The van der Waals surface area contributed by atoms with E-state index in [1.165, 1.54) is 44.9 Å². The molecular formula is C19H37IN4O2. The van der Waals surface area contributed by atoms with Crippen LogP contribution in [0.5, 0.6) is 0 Å². The Labute approximate surface area is 175 Å². The summed E-state index contributed by atoms with van der Waals surface area (Å²) in [7, 11) is 3.52. The maximum atomic E-state index is 11.8. The number of carbonyl (C=O) groups is 1. The lowest BCUT2D eigenvalue weighted by Gasteiger charge is -2.23. The van der Waals surface area contributed by atoms with Gasteiger partial charge in [-0.15, -0.1) is 24.0 Å². The largest absolute Gasteiger partial charge is 0.381 e. The number of nitrogens with one attached hydrogen (secondary N) is 2. The fourth-order valence-electron chi connectivity index (χ4n) is 3.01. The van der Waals surface area contributed by atoms with Gasteiger partial charge in [-0.25, -0.2) is 4.99 Å². The van der Waals surface area contributed by atoms with Crippen molar-refractivity contribution in [2.75, 3.05) is 46.9 Å². The molecule has 0 aromatic carbocycles. The molecule has 0 unspecified atom stereocenters. The van der Waals surface area contributed by atoms with Gasteiger partial charge in [0.2, 0.25) is 5.91 Å². The van der Waals surface area contributed by atoms with Crippen LogP contribution in [-0.4, -0.2) is 63.7 Å². The second-order valence-electron chi connectivity index (χ2n) is 7.64. The molecule has 0 heterocycles. The minimum atomic E-state index is 0. The van der Waals surface area contributed by atoms with Gasteiger partial charge in [-0.05, 0) is 43.9 Å². The summed E-state index contributed by atoms with van der Waals surface area (Å²) in [4.78, 5) is 17.8. The summed E-state index contributed by atoms with van der Waals surface area (Å²) in [6.45, 7) is 3.65. The molecule has 152 valence electrons. The molecule has 0 saturated heterocycles. The Hall–Kier alpha value is -0.570. The summed E-state index contributed by atoms with van der Waals surface area (Å²) in [6, 6.07) is 0. The van der Waals surface area contributed by atoms with E-state index in [0.29, 0.717) is 0 Å². The number of ether oxygens (including phenoxy) is 1. The van der Waals surface area contributed by atoms with Crippen molar-refractivity contribution >= 4 is 35.8 Å². The Morgan fingerprint density at radius 1 is 1.08 bits per heavy atom. The first-order chi connectivity index (χ1) is 12.1. The van der Waals surface area contributed by atoms with Crippen LogP contribution < -0.4 is 10.6 Å². The van der Waals surface area contributed by atoms with Gasteiger partial charge in [0.15, 0.2) is 5.96 Å². The summed E-state index contributed by atoms with van der Waals surface area (Å²) >= 11 is 0. The highest BCUT2D eigenvalue weighted by atomic mass is 127. The van der Waals surface area contributed by atoms with Gasteiger partial charge < -0.3 is 20.3 Å². The molecule has 2 fully saturated rings. The third-order valence-electron chi connectivity index (χ3n) is 4.96. The average molecular weight is 480 g/mol. The van der Waals surface area contributed by atoms with Gasteiger partial charge in [0, 0.05) is 40.4 Å². The highest BCUT2D eigenvalue weighted by Gasteiger charge is 2.20. The molecule has 0 aromatic rings. The van der Waals surface area contributed by atoms with E-state index in [1.807, 2.05) is 0 Å². The van der Waals surface area contributed by atoms with Gasteiger partial charge in [-0.1, -0.05) is 19.3 Å². The molecule has 6 nitrogen and oxygen atoms in total. The van der Waals surface area contributed by atoms with E-state index in [-0.39, 0.29) is 36.4 Å². The summed E-state index contributed by atoms with van der Waals surface area (Å²) in [5.41, 5.74) is 0. The lowest BCUT2D eigenvalue weighted by Crippen LogP contribution is -2.41. The van der Waals surface area contributed by atoms with E-state index in [4.69, 9.17) is 4.74 Å². The number of carbonyl (C=O) groups excluding carboxylic acids is 1. The number of guanidine groups is 1. The highest BCUT2D eigenvalue weighted by Crippen LogP contribution is 2.28. The van der Waals surface area contributed by atoms with E-state index < -0.39 is 0 Å². The molecule has 1 amide bonds. The van der Waals surface area contributed by atoms with Crippen LogP contribution in [0.1, 0.15) is 51.4 Å². The second-order valence-corrected chi connectivity index (χ2v) is 7.64. The minimum absolute atomic E-state index is 0. The Morgan fingerprint density at radius 3 is 2.46 bits per heavy atom. The number of amides is 1. The lowest BCUT2D eigenvalue weighted by molar-refractivity contribution is -0.127. The normalized spacial score (nSPS) is 18.2. The molecule has 2 saturated carbocycles. The molecule has 0 spiro atoms. The quantitative estimate of drug-likeness (QED) is 0.218. The second kappa shape index (κ2) is 13.6. The van der Waals surface area contributed by atoms with Crippen LogP contribution in [0.3, 0.4) is 0 Å². The molecule has 0 radical (unpaired) electrons. The summed E-state index contributed by atoms with van der Waals surface area (Å²) in [5, 5.41) is 6.78. The van der Waals surface area contributed by atoms with Crippen molar-refractivity contribution < 1.29 is 9.53 Å². The van der Waals surface area contributed by atoms with Crippen molar-refractivity contribution in [2.24, 2.45) is 16.8 Å². The van der Waals surface area contributed by atoms with Crippen molar-refractivity contribution in [3.63, 3.8) is 0 Å². The Bertz CT molecular complexity index is 422. The third-order valence-corrected chi connectivity index (χ3v) is 4.96. The first-order valence-electron chi connectivity index (χ1n) is 9.95. The zero-order chi connectivity index (χ0) is 17.9. The fraction of sp³-hybridized carbons (Fsp3) is 0.895. The van der Waals surface area contributed by atoms with Crippen LogP contribution >= 0.6 is 24.0 Å².